The molecular weight excluding hydrogens is 352 g/mol. The van der Waals surface area contributed by atoms with Gasteiger partial charge in [0.2, 0.25) is 0 Å². The lowest BCUT2D eigenvalue weighted by Gasteiger charge is -2.09. The van der Waals surface area contributed by atoms with Crippen LogP contribution < -0.4 is 10.6 Å². The molecule has 5 nitrogen and oxygen atoms in total. The Kier molecular flexibility index (Phi) is 5.21. The van der Waals surface area contributed by atoms with Crippen LogP contribution in [0.2, 0.25) is 0 Å². The molecule has 2 N–H and O–H groups in total. The van der Waals surface area contributed by atoms with Crippen molar-refractivity contribution in [2.24, 2.45) is 0 Å². The number of anilines is 3. The molecule has 136 valence electrons. The second-order valence-electron chi connectivity index (χ2n) is 5.77. The van der Waals surface area contributed by atoms with Gasteiger partial charge in [0.15, 0.2) is 5.78 Å². The molecule has 3 aromatic rings. The van der Waals surface area contributed by atoms with Gasteiger partial charge in [-0.25, -0.2) is 13.8 Å². The third-order valence-corrected chi connectivity index (χ3v) is 3.76. The van der Waals surface area contributed by atoms with Crippen molar-refractivity contribution in [1.82, 2.24) is 4.98 Å². The predicted octanol–water partition coefficient (Wildman–Crippen LogP) is 4.56. The van der Waals surface area contributed by atoms with Crippen LogP contribution in [0.4, 0.5) is 25.8 Å². The number of hydrogen-bond donors (Lipinski definition) is 2. The van der Waals surface area contributed by atoms with E-state index < -0.39 is 17.5 Å². The summed E-state index contributed by atoms with van der Waals surface area (Å²) in [5, 5.41) is 5.44. The molecule has 0 atom stereocenters. The van der Waals surface area contributed by atoms with Crippen LogP contribution in [0.5, 0.6) is 0 Å². The summed E-state index contributed by atoms with van der Waals surface area (Å²) < 4.78 is 26.6. The minimum Gasteiger partial charge on any atom is -0.352 e. The maximum absolute atomic E-state index is 13.7. The van der Waals surface area contributed by atoms with Gasteiger partial charge in [-0.2, -0.15) is 0 Å². The van der Waals surface area contributed by atoms with E-state index in [1.54, 1.807) is 30.3 Å². The number of pyridine rings is 1. The number of halogens is 2. The number of rotatable bonds is 5. The van der Waals surface area contributed by atoms with Gasteiger partial charge in [-0.05, 0) is 55.5 Å². The smallest absolute Gasteiger partial charge is 0.274 e. The number of nitrogens with one attached hydrogen (secondary N) is 2. The molecule has 0 aliphatic heterocycles. The summed E-state index contributed by atoms with van der Waals surface area (Å²) >= 11 is 0. The van der Waals surface area contributed by atoms with E-state index in [1.165, 1.54) is 25.3 Å². The summed E-state index contributed by atoms with van der Waals surface area (Å²) in [5.74, 6) is -1.88. The number of carbonyl (C=O) groups excluding carboxylic acids is 2. The summed E-state index contributed by atoms with van der Waals surface area (Å²) in [6.45, 7) is 1.46. The number of benzene rings is 2. The van der Waals surface area contributed by atoms with Crippen LogP contribution in [-0.2, 0) is 0 Å². The number of Topliss-reactive ketones (excluding diaryl/α,β-unsaturated/α-hetero) is 1. The van der Waals surface area contributed by atoms with E-state index in [4.69, 9.17) is 0 Å². The molecule has 0 unspecified atom stereocenters. The summed E-state index contributed by atoms with van der Waals surface area (Å²) in [5.41, 5.74) is 1.79. The quantitative estimate of drug-likeness (QED) is 0.649. The molecule has 0 saturated carbocycles. The summed E-state index contributed by atoms with van der Waals surface area (Å²) in [7, 11) is 0. The van der Waals surface area contributed by atoms with E-state index >= 15 is 0 Å². The van der Waals surface area contributed by atoms with Crippen LogP contribution in [0.25, 0.3) is 0 Å². The first-order valence-corrected chi connectivity index (χ1v) is 8.03. The van der Waals surface area contributed by atoms with Gasteiger partial charge in [0.05, 0.1) is 17.6 Å². The number of ketones is 1. The van der Waals surface area contributed by atoms with Gasteiger partial charge in [0.1, 0.15) is 17.3 Å². The summed E-state index contributed by atoms with van der Waals surface area (Å²) in [6.07, 6.45) is 1.37. The molecule has 0 saturated heterocycles. The lowest BCUT2D eigenvalue weighted by molar-refractivity contribution is 0.101. The Bertz CT molecular complexity index is 987. The van der Waals surface area contributed by atoms with Crippen molar-refractivity contribution in [3.63, 3.8) is 0 Å². The van der Waals surface area contributed by atoms with Crippen molar-refractivity contribution in [3.8, 4) is 0 Å². The number of aromatic nitrogens is 1. The van der Waals surface area contributed by atoms with Crippen LogP contribution in [0, 0.1) is 11.6 Å². The van der Waals surface area contributed by atoms with E-state index in [0.717, 1.165) is 12.1 Å². The molecule has 0 radical (unpaired) electrons. The highest BCUT2D eigenvalue weighted by atomic mass is 19.1. The lowest BCUT2D eigenvalue weighted by atomic mass is 10.1. The van der Waals surface area contributed by atoms with Gasteiger partial charge in [0.25, 0.3) is 5.91 Å². The van der Waals surface area contributed by atoms with Crippen LogP contribution in [0.3, 0.4) is 0 Å². The van der Waals surface area contributed by atoms with Crippen molar-refractivity contribution in [1.29, 1.82) is 0 Å². The van der Waals surface area contributed by atoms with Gasteiger partial charge in [0, 0.05) is 17.3 Å². The van der Waals surface area contributed by atoms with Crippen LogP contribution in [0.15, 0.2) is 60.8 Å². The maximum Gasteiger partial charge on any atom is 0.274 e. The Morgan fingerprint density at radius 3 is 2.22 bits per heavy atom. The third-order valence-electron chi connectivity index (χ3n) is 3.76. The Hall–Kier alpha value is -3.61. The molecule has 0 aliphatic carbocycles. The van der Waals surface area contributed by atoms with Crippen molar-refractivity contribution in [2.75, 3.05) is 10.6 Å². The van der Waals surface area contributed by atoms with E-state index in [0.29, 0.717) is 16.9 Å². The third kappa shape index (κ3) is 4.52. The van der Waals surface area contributed by atoms with Gasteiger partial charge < -0.3 is 10.6 Å². The van der Waals surface area contributed by atoms with Crippen molar-refractivity contribution in [3.05, 3.63) is 83.7 Å². The van der Waals surface area contributed by atoms with E-state index in [2.05, 4.69) is 15.6 Å². The molecule has 1 heterocycles. The molecular formula is C20H15F2N3O2. The fraction of sp³-hybridized carbons (Fsp3) is 0.0500. The molecule has 0 bridgehead atoms. The zero-order valence-electron chi connectivity index (χ0n) is 14.3. The predicted molar refractivity (Wildman–Crippen MR) is 98.3 cm³/mol. The normalized spacial score (nSPS) is 10.3. The molecule has 0 fully saturated rings. The summed E-state index contributed by atoms with van der Waals surface area (Å²) in [4.78, 5) is 27.5. The van der Waals surface area contributed by atoms with Crippen LogP contribution >= 0.6 is 0 Å². The van der Waals surface area contributed by atoms with Gasteiger partial charge in [-0.15, -0.1) is 0 Å². The van der Waals surface area contributed by atoms with Crippen LogP contribution in [0.1, 0.15) is 27.8 Å². The fourth-order valence-corrected chi connectivity index (χ4v) is 2.33. The Balaban J connectivity index is 1.67. The van der Waals surface area contributed by atoms with Gasteiger partial charge in [-0.3, -0.25) is 9.59 Å². The molecule has 1 amide bonds. The summed E-state index contributed by atoms with van der Waals surface area (Å²) in [6, 6.07) is 12.7. The fourth-order valence-electron chi connectivity index (χ4n) is 2.33. The highest BCUT2D eigenvalue weighted by Crippen LogP contribution is 2.20. The first-order chi connectivity index (χ1) is 12.9. The zero-order valence-corrected chi connectivity index (χ0v) is 14.3. The van der Waals surface area contributed by atoms with Gasteiger partial charge in [-0.1, -0.05) is 0 Å². The zero-order chi connectivity index (χ0) is 19.4. The monoisotopic (exact) mass is 367 g/mol. The first kappa shape index (κ1) is 18.2. The Morgan fingerprint density at radius 2 is 1.63 bits per heavy atom. The average molecular weight is 367 g/mol. The number of amides is 1. The van der Waals surface area contributed by atoms with Crippen molar-refractivity contribution >= 4 is 28.8 Å². The van der Waals surface area contributed by atoms with Crippen molar-refractivity contribution < 1.29 is 18.4 Å². The highest BCUT2D eigenvalue weighted by molar-refractivity contribution is 6.03. The average Bonchev–Trinajstić information content (AvgIpc) is 2.65. The molecule has 7 heteroatoms. The molecule has 27 heavy (non-hydrogen) atoms. The van der Waals surface area contributed by atoms with Crippen molar-refractivity contribution in [2.45, 2.75) is 6.92 Å². The maximum atomic E-state index is 13.7. The molecule has 0 spiro atoms. The Labute approximate surface area is 154 Å². The minimum absolute atomic E-state index is 0.0600. The standard InChI is InChI=1S/C20H15F2N3O2/c1-12(26)13-2-5-15(6-3-13)25-20(27)19-9-7-16(11-23-19)24-18-8-4-14(21)10-17(18)22/h2-11,24H,1H3,(H,25,27). The molecule has 0 aliphatic rings. The van der Waals surface area contributed by atoms with E-state index in [1.807, 2.05) is 0 Å². The number of hydrogen-bond acceptors (Lipinski definition) is 4. The van der Waals surface area contributed by atoms with Gasteiger partial charge >= 0.3 is 0 Å². The molecule has 3 rings (SSSR count). The Morgan fingerprint density at radius 1 is 0.926 bits per heavy atom. The van der Waals surface area contributed by atoms with Crippen LogP contribution in [-0.4, -0.2) is 16.7 Å². The SMILES string of the molecule is CC(=O)c1ccc(NC(=O)c2ccc(Nc3ccc(F)cc3F)cn2)cc1. The second-order valence-corrected chi connectivity index (χ2v) is 5.77. The highest BCUT2D eigenvalue weighted by Gasteiger charge is 2.09. The van der Waals surface area contributed by atoms with E-state index in [9.17, 15) is 18.4 Å². The molecule has 1 aromatic heterocycles. The van der Waals surface area contributed by atoms with E-state index in [-0.39, 0.29) is 17.2 Å². The minimum atomic E-state index is -0.731. The first-order valence-electron chi connectivity index (χ1n) is 8.03. The number of carbonyl (C=O) groups is 2. The lowest BCUT2D eigenvalue weighted by Crippen LogP contribution is -2.13. The number of nitrogens with zero attached hydrogens (tertiary/aromatic N) is 1. The molecule has 2 aromatic carbocycles. The largest absolute Gasteiger partial charge is 0.352 e. The topological polar surface area (TPSA) is 71.1 Å². The second kappa shape index (κ2) is 7.74.